The van der Waals surface area contributed by atoms with Gasteiger partial charge in [0.1, 0.15) is 16.4 Å². The fraction of sp³-hybridized carbons (Fsp3) is 0.429. The first kappa shape index (κ1) is 14.1. The summed E-state index contributed by atoms with van der Waals surface area (Å²) in [6.07, 6.45) is 6.79. The maximum Gasteiger partial charge on any atom is 0.270 e. The molecule has 110 valence electrons. The second kappa shape index (κ2) is 6.28. The first-order chi connectivity index (χ1) is 10.2. The molecule has 2 unspecified atom stereocenters. The van der Waals surface area contributed by atoms with Gasteiger partial charge in [-0.1, -0.05) is 0 Å². The molecule has 0 saturated carbocycles. The number of nitrogens with one attached hydrogen (secondary N) is 2. The number of rotatable bonds is 3. The molecule has 3 heterocycles. The van der Waals surface area contributed by atoms with Gasteiger partial charge < -0.3 is 10.6 Å². The van der Waals surface area contributed by atoms with Gasteiger partial charge >= 0.3 is 0 Å². The van der Waals surface area contributed by atoms with Crippen molar-refractivity contribution in [2.24, 2.45) is 0 Å². The Bertz CT molecular complexity index is 615. The van der Waals surface area contributed by atoms with E-state index in [1.807, 2.05) is 0 Å². The minimum absolute atomic E-state index is 0.111. The Labute approximate surface area is 127 Å². The Morgan fingerprint density at radius 3 is 3.14 bits per heavy atom. The molecule has 1 amide bonds. The topological polar surface area (TPSA) is 79.8 Å². The zero-order chi connectivity index (χ0) is 14.7. The van der Waals surface area contributed by atoms with Crippen LogP contribution in [0.1, 0.15) is 30.3 Å². The van der Waals surface area contributed by atoms with E-state index >= 15 is 0 Å². The molecule has 1 aliphatic rings. The molecule has 3 rings (SSSR count). The number of aromatic nitrogens is 3. The Balaban J connectivity index is 1.67. The molecular weight excluding hydrogens is 286 g/mol. The molecular formula is C14H17N5OS. The molecule has 1 aliphatic heterocycles. The highest BCUT2D eigenvalue weighted by Crippen LogP contribution is 2.21. The third kappa shape index (κ3) is 3.43. The average molecular weight is 303 g/mol. The second-order valence-electron chi connectivity index (χ2n) is 5.18. The monoisotopic (exact) mass is 303 g/mol. The fourth-order valence-corrected chi connectivity index (χ4v) is 3.19. The first-order valence-corrected chi connectivity index (χ1v) is 7.86. The summed E-state index contributed by atoms with van der Waals surface area (Å²) in [5.74, 6) is -0.111. The molecule has 6 nitrogen and oxygen atoms in total. The minimum Gasteiger partial charge on any atom is -0.348 e. The highest BCUT2D eigenvalue weighted by molar-refractivity contribution is 7.13. The van der Waals surface area contributed by atoms with Crippen molar-refractivity contribution in [1.29, 1.82) is 0 Å². The van der Waals surface area contributed by atoms with Crippen LogP contribution in [-0.2, 0) is 0 Å². The van der Waals surface area contributed by atoms with E-state index in [0.717, 1.165) is 19.4 Å². The van der Waals surface area contributed by atoms with Crippen molar-refractivity contribution < 1.29 is 4.79 Å². The molecule has 0 aliphatic carbocycles. The van der Waals surface area contributed by atoms with Crippen LogP contribution in [-0.4, -0.2) is 39.5 Å². The van der Waals surface area contributed by atoms with Gasteiger partial charge in [-0.2, -0.15) is 0 Å². The fourth-order valence-electron chi connectivity index (χ4n) is 2.43. The standard InChI is InChI=1S/C14H17N5OS/c1-9-6-10(2-3-16-9)18-13(20)12-8-21-14(19-12)11-7-15-4-5-17-11/h4-5,7-10,16H,2-3,6H2,1H3,(H,18,20). The van der Waals surface area contributed by atoms with Crippen LogP contribution in [0.3, 0.4) is 0 Å². The van der Waals surface area contributed by atoms with E-state index < -0.39 is 0 Å². The summed E-state index contributed by atoms with van der Waals surface area (Å²) in [6, 6.07) is 0.657. The Hall–Kier alpha value is -1.86. The zero-order valence-corrected chi connectivity index (χ0v) is 12.6. The molecule has 0 spiro atoms. The molecule has 2 atom stereocenters. The summed E-state index contributed by atoms with van der Waals surface area (Å²) in [7, 11) is 0. The lowest BCUT2D eigenvalue weighted by Gasteiger charge is -2.28. The first-order valence-electron chi connectivity index (χ1n) is 6.98. The van der Waals surface area contributed by atoms with Gasteiger partial charge in [-0.25, -0.2) is 4.98 Å². The Kier molecular flexibility index (Phi) is 4.21. The van der Waals surface area contributed by atoms with Crippen LogP contribution in [0.2, 0.25) is 0 Å². The van der Waals surface area contributed by atoms with E-state index in [-0.39, 0.29) is 11.9 Å². The maximum atomic E-state index is 12.2. The van der Waals surface area contributed by atoms with Gasteiger partial charge in [-0.15, -0.1) is 11.3 Å². The number of piperidine rings is 1. The highest BCUT2D eigenvalue weighted by atomic mass is 32.1. The number of thiazole rings is 1. The SMILES string of the molecule is CC1CC(NC(=O)c2csc(-c3cnccn3)n2)CCN1. The number of carbonyl (C=O) groups excluding carboxylic acids is 1. The minimum atomic E-state index is -0.111. The van der Waals surface area contributed by atoms with E-state index in [0.29, 0.717) is 22.4 Å². The number of carbonyl (C=O) groups is 1. The van der Waals surface area contributed by atoms with Gasteiger partial charge in [-0.05, 0) is 26.3 Å². The molecule has 0 aromatic carbocycles. The van der Waals surface area contributed by atoms with E-state index in [9.17, 15) is 4.79 Å². The van der Waals surface area contributed by atoms with E-state index in [2.05, 4.69) is 32.5 Å². The molecule has 1 fully saturated rings. The third-order valence-electron chi connectivity index (χ3n) is 3.48. The molecule has 2 N–H and O–H groups in total. The predicted molar refractivity (Wildman–Crippen MR) is 81.1 cm³/mol. The summed E-state index contributed by atoms with van der Waals surface area (Å²) in [5, 5.41) is 8.91. The maximum absolute atomic E-state index is 12.2. The van der Waals surface area contributed by atoms with Gasteiger partial charge in [0.05, 0.1) is 6.20 Å². The number of nitrogens with zero attached hydrogens (tertiary/aromatic N) is 3. The lowest BCUT2D eigenvalue weighted by Crippen LogP contribution is -2.46. The molecule has 2 aromatic rings. The van der Waals surface area contributed by atoms with Crippen LogP contribution >= 0.6 is 11.3 Å². The lowest BCUT2D eigenvalue weighted by atomic mass is 10.0. The van der Waals surface area contributed by atoms with Gasteiger partial charge in [0.25, 0.3) is 5.91 Å². The van der Waals surface area contributed by atoms with Gasteiger partial charge in [0, 0.05) is 29.9 Å². The van der Waals surface area contributed by atoms with Crippen molar-refractivity contribution in [3.05, 3.63) is 29.7 Å². The summed E-state index contributed by atoms with van der Waals surface area (Å²) < 4.78 is 0. The normalized spacial score (nSPS) is 22.0. The smallest absolute Gasteiger partial charge is 0.270 e. The van der Waals surface area contributed by atoms with Crippen molar-refractivity contribution in [1.82, 2.24) is 25.6 Å². The van der Waals surface area contributed by atoms with E-state index in [1.165, 1.54) is 11.3 Å². The summed E-state index contributed by atoms with van der Waals surface area (Å²) in [5.41, 5.74) is 1.14. The van der Waals surface area contributed by atoms with Crippen molar-refractivity contribution in [2.75, 3.05) is 6.54 Å². The molecule has 1 saturated heterocycles. The van der Waals surface area contributed by atoms with Crippen molar-refractivity contribution in [3.63, 3.8) is 0 Å². The van der Waals surface area contributed by atoms with Crippen molar-refractivity contribution in [3.8, 4) is 10.7 Å². The largest absolute Gasteiger partial charge is 0.348 e. The highest BCUT2D eigenvalue weighted by Gasteiger charge is 2.21. The molecule has 21 heavy (non-hydrogen) atoms. The van der Waals surface area contributed by atoms with Gasteiger partial charge in [-0.3, -0.25) is 14.8 Å². The number of hydrogen-bond acceptors (Lipinski definition) is 6. The summed E-state index contributed by atoms with van der Waals surface area (Å²) >= 11 is 1.41. The van der Waals surface area contributed by atoms with Crippen LogP contribution in [0, 0.1) is 0 Å². The quantitative estimate of drug-likeness (QED) is 0.897. The van der Waals surface area contributed by atoms with Crippen LogP contribution in [0.4, 0.5) is 0 Å². The van der Waals surface area contributed by atoms with E-state index in [1.54, 1.807) is 24.0 Å². The van der Waals surface area contributed by atoms with E-state index in [4.69, 9.17) is 0 Å². The lowest BCUT2D eigenvalue weighted by molar-refractivity contribution is 0.0921. The predicted octanol–water partition coefficient (Wildman–Crippen LogP) is 1.47. The van der Waals surface area contributed by atoms with Crippen LogP contribution in [0.25, 0.3) is 10.7 Å². The molecule has 0 bridgehead atoms. The third-order valence-corrected chi connectivity index (χ3v) is 4.34. The number of hydrogen-bond donors (Lipinski definition) is 2. The van der Waals surface area contributed by atoms with Gasteiger partial charge in [0.2, 0.25) is 0 Å². The van der Waals surface area contributed by atoms with Crippen LogP contribution in [0.15, 0.2) is 24.0 Å². The van der Waals surface area contributed by atoms with Crippen molar-refractivity contribution >= 4 is 17.2 Å². The summed E-state index contributed by atoms with van der Waals surface area (Å²) in [6.45, 7) is 3.07. The number of amides is 1. The van der Waals surface area contributed by atoms with Gasteiger partial charge in [0.15, 0.2) is 0 Å². The second-order valence-corrected chi connectivity index (χ2v) is 6.04. The molecule has 2 aromatic heterocycles. The van der Waals surface area contributed by atoms with Crippen LogP contribution in [0.5, 0.6) is 0 Å². The molecule has 7 heteroatoms. The zero-order valence-electron chi connectivity index (χ0n) is 11.7. The Morgan fingerprint density at radius 2 is 2.38 bits per heavy atom. The Morgan fingerprint density at radius 1 is 1.48 bits per heavy atom. The summed E-state index contributed by atoms with van der Waals surface area (Å²) in [4.78, 5) is 24.8. The van der Waals surface area contributed by atoms with Crippen molar-refractivity contribution in [2.45, 2.75) is 31.8 Å². The van der Waals surface area contributed by atoms with Crippen LogP contribution < -0.4 is 10.6 Å². The average Bonchev–Trinajstić information content (AvgIpc) is 2.98. The molecule has 0 radical (unpaired) electrons.